The number of aliphatic hydroxyl groups is 2. The van der Waals surface area contributed by atoms with Crippen LogP contribution < -0.4 is 9.47 Å². The van der Waals surface area contributed by atoms with Gasteiger partial charge in [-0.1, -0.05) is 85.6 Å². The van der Waals surface area contributed by atoms with E-state index in [-0.39, 0.29) is 43.5 Å². The monoisotopic (exact) mass is 874 g/mol. The van der Waals surface area contributed by atoms with E-state index >= 15 is 4.79 Å². The van der Waals surface area contributed by atoms with Gasteiger partial charge in [0.2, 0.25) is 5.79 Å². The van der Waals surface area contributed by atoms with E-state index < -0.39 is 23.3 Å². The molecular formula is C53H66N2O7S. The van der Waals surface area contributed by atoms with Crippen LogP contribution in [0.15, 0.2) is 125 Å². The summed E-state index contributed by atoms with van der Waals surface area (Å²) in [5.74, 6) is 0.541. The lowest BCUT2D eigenvalue weighted by Gasteiger charge is -2.60. The highest BCUT2D eigenvalue weighted by Crippen LogP contribution is 2.62. The van der Waals surface area contributed by atoms with Crippen molar-refractivity contribution in [3.8, 4) is 11.5 Å². The van der Waals surface area contributed by atoms with E-state index in [9.17, 15) is 10.2 Å². The highest BCUT2D eigenvalue weighted by Gasteiger charge is 2.65. The smallest absolute Gasteiger partial charge is 0.254 e. The number of rotatable bonds is 21. The summed E-state index contributed by atoms with van der Waals surface area (Å²) in [5.41, 5.74) is 2.87. The van der Waals surface area contributed by atoms with Crippen LogP contribution in [0.1, 0.15) is 101 Å². The Labute approximate surface area is 378 Å². The fourth-order valence-electron chi connectivity index (χ4n) is 9.89. The van der Waals surface area contributed by atoms with Crippen molar-refractivity contribution in [1.82, 2.24) is 4.90 Å². The number of carbonyl (C=O) groups is 1. The molecule has 3 aliphatic rings. The second kappa shape index (κ2) is 21.4. The molecule has 2 N–H and O–H groups in total. The van der Waals surface area contributed by atoms with Gasteiger partial charge in [0.25, 0.3) is 5.91 Å². The van der Waals surface area contributed by atoms with Crippen molar-refractivity contribution in [3.63, 3.8) is 0 Å². The van der Waals surface area contributed by atoms with E-state index in [2.05, 4.69) is 56.0 Å². The van der Waals surface area contributed by atoms with Gasteiger partial charge in [-0.2, -0.15) is 0 Å². The number of hydrogen-bond acceptors (Lipinski definition) is 9. The van der Waals surface area contributed by atoms with Gasteiger partial charge in [0.15, 0.2) is 0 Å². The zero-order chi connectivity index (χ0) is 44.4. The number of hydrogen-bond donors (Lipinski definition) is 2. The van der Waals surface area contributed by atoms with E-state index in [1.165, 1.54) is 4.90 Å². The van der Waals surface area contributed by atoms with Crippen molar-refractivity contribution in [2.75, 3.05) is 38.7 Å². The van der Waals surface area contributed by atoms with E-state index in [1.54, 1.807) is 17.8 Å². The van der Waals surface area contributed by atoms with E-state index in [0.29, 0.717) is 50.1 Å². The predicted molar refractivity (Wildman–Crippen MR) is 254 cm³/mol. The van der Waals surface area contributed by atoms with Gasteiger partial charge in [0, 0.05) is 53.9 Å². The predicted octanol–water partition coefficient (Wildman–Crippen LogP) is 11.0. The second-order valence-electron chi connectivity index (χ2n) is 18.0. The van der Waals surface area contributed by atoms with E-state index in [0.717, 1.165) is 64.8 Å². The van der Waals surface area contributed by atoms with Gasteiger partial charge in [-0.15, -0.1) is 18.3 Å². The molecule has 1 saturated carbocycles. The van der Waals surface area contributed by atoms with E-state index in [1.807, 2.05) is 80.3 Å². The molecule has 0 unspecified atom stereocenters. The minimum absolute atomic E-state index is 0.0991. The zero-order valence-corrected chi connectivity index (χ0v) is 38.4. The molecule has 336 valence electrons. The number of unbranched alkanes of at least 4 members (excludes halogenated alkanes) is 2. The number of fused-ring (bicyclic) bond motifs is 3. The molecule has 4 aromatic rings. The Morgan fingerprint density at radius 3 is 2.43 bits per heavy atom. The Morgan fingerprint density at radius 1 is 0.952 bits per heavy atom. The number of ether oxygens (including phenoxy) is 3. The van der Waals surface area contributed by atoms with Gasteiger partial charge in [0.05, 0.1) is 24.8 Å². The average molecular weight is 875 g/mol. The lowest BCUT2D eigenvalue weighted by molar-refractivity contribution is -0.254. The van der Waals surface area contributed by atoms with Crippen molar-refractivity contribution in [3.05, 3.63) is 126 Å². The summed E-state index contributed by atoms with van der Waals surface area (Å²) in [6.07, 6.45) is 10.0. The Morgan fingerprint density at radius 2 is 1.70 bits per heavy atom. The Balaban J connectivity index is 1.40. The van der Waals surface area contributed by atoms with Crippen molar-refractivity contribution in [2.45, 2.75) is 107 Å². The van der Waals surface area contributed by atoms with Gasteiger partial charge < -0.3 is 34.2 Å². The van der Waals surface area contributed by atoms with Crippen LogP contribution in [-0.4, -0.2) is 82.9 Å². The summed E-state index contributed by atoms with van der Waals surface area (Å²) in [4.78, 5) is 24.7. The van der Waals surface area contributed by atoms with Crippen LogP contribution in [0.2, 0.25) is 0 Å². The first kappa shape index (κ1) is 46.4. The molecule has 0 spiro atoms. The molecule has 0 aromatic heterocycles. The van der Waals surface area contributed by atoms with Gasteiger partial charge in [-0.3, -0.25) is 4.79 Å². The van der Waals surface area contributed by atoms with Gasteiger partial charge in [-0.25, -0.2) is 0 Å². The molecule has 4 aromatic carbocycles. The first-order chi connectivity index (χ1) is 30.6. The average Bonchev–Trinajstić information content (AvgIpc) is 3.29. The Hall–Kier alpha value is -4.61. The summed E-state index contributed by atoms with van der Waals surface area (Å²) in [5, 5.41) is 27.0. The molecular weight excluding hydrogens is 809 g/mol. The molecule has 1 aliphatic heterocycles. The molecule has 1 heterocycles. The minimum Gasteiger partial charge on any atom is -0.493 e. The first-order valence-electron chi connectivity index (χ1n) is 23.0. The van der Waals surface area contributed by atoms with E-state index in [4.69, 9.17) is 24.2 Å². The molecule has 7 rings (SSSR count). The molecule has 9 nitrogen and oxygen atoms in total. The number of aliphatic hydroxyl groups excluding tert-OH is 2. The molecule has 0 bridgehead atoms. The molecule has 1 fully saturated rings. The number of thioether (sulfide) groups is 1. The second-order valence-corrected chi connectivity index (χ2v) is 19.2. The maximum atomic E-state index is 15.2. The molecule has 63 heavy (non-hydrogen) atoms. The van der Waals surface area contributed by atoms with Crippen molar-refractivity contribution >= 4 is 34.2 Å². The number of carbonyl (C=O) groups excluding carboxylic acids is 1. The third-order valence-electron chi connectivity index (χ3n) is 12.5. The Bertz CT molecular complexity index is 2220. The van der Waals surface area contributed by atoms with Crippen molar-refractivity contribution in [2.24, 2.45) is 22.9 Å². The quantitative estimate of drug-likeness (QED) is 0.0369. The molecule has 10 heteroatoms. The SMILES string of the molecule is C=CCO[C@@]12Oc3ccc(OCCSc4ccccc4)cc3[C@H]3[C@H](CCCCO)[C@@H](CCCCO)C=C(C(=NOC(C)(C)C)C[C@@H]1N(CCC)C(=O)c1ccc4ccccc4c1)[C@H]32. The largest absolute Gasteiger partial charge is 0.493 e. The summed E-state index contributed by atoms with van der Waals surface area (Å²) >= 11 is 1.76. The molecule has 0 saturated heterocycles. The Kier molecular flexibility index (Phi) is 15.7. The van der Waals surface area contributed by atoms with Crippen LogP contribution in [-0.2, 0) is 9.57 Å². The molecule has 0 radical (unpaired) electrons. The summed E-state index contributed by atoms with van der Waals surface area (Å²) in [6.45, 7) is 13.6. The lowest BCUT2D eigenvalue weighted by atomic mass is 9.55. The van der Waals surface area contributed by atoms with Crippen LogP contribution in [0.5, 0.6) is 11.5 Å². The van der Waals surface area contributed by atoms with Gasteiger partial charge in [0.1, 0.15) is 23.1 Å². The topological polar surface area (TPSA) is 110 Å². The van der Waals surface area contributed by atoms with Crippen LogP contribution in [0.25, 0.3) is 10.8 Å². The lowest BCUT2D eigenvalue weighted by Crippen LogP contribution is -2.70. The minimum atomic E-state index is -1.33. The normalized spacial score (nSPS) is 23.3. The van der Waals surface area contributed by atoms with Crippen LogP contribution >= 0.6 is 11.8 Å². The highest BCUT2D eigenvalue weighted by atomic mass is 32.2. The third kappa shape index (κ3) is 10.7. The maximum Gasteiger partial charge on any atom is 0.254 e. The fraction of sp³-hybridized carbons (Fsp3) is 0.472. The number of nitrogens with zero attached hydrogens (tertiary/aromatic N) is 2. The number of benzene rings is 4. The first-order valence-corrected chi connectivity index (χ1v) is 24.0. The maximum absolute atomic E-state index is 15.2. The zero-order valence-electron chi connectivity index (χ0n) is 37.5. The number of amides is 1. The van der Waals surface area contributed by atoms with Crippen LogP contribution in [0, 0.1) is 17.8 Å². The molecule has 2 aliphatic carbocycles. The number of oxime groups is 1. The van der Waals surface area contributed by atoms with Gasteiger partial charge >= 0.3 is 0 Å². The summed E-state index contributed by atoms with van der Waals surface area (Å²) in [7, 11) is 0. The third-order valence-corrected chi connectivity index (χ3v) is 13.5. The highest BCUT2D eigenvalue weighted by molar-refractivity contribution is 7.99. The number of allylic oxidation sites excluding steroid dienone is 1. The van der Waals surface area contributed by atoms with Gasteiger partial charge in [-0.05, 0) is 124 Å². The standard InChI is InChI=1S/C53H66N2O7S/c1-6-27-55(51(58)40-24-23-37-17-11-12-18-38(37)33-40)48-36-46(54-62-52(3,4)5)44-34-39(19-13-15-28-56)43(22-14-16-29-57)49-45-35-41(59-31-32-63-42-20-9-8-10-21-42)25-26-47(45)61-53(48,50(44)49)60-30-7-2/h7-12,17-18,20-21,23-26,33-35,39,43,48-50,56-57H,2,6,13-16,19,22,27-32,36H2,1,3-5H3/t39-,43+,48-,49+,50+,53+/m0/s1. The van der Waals surface area contributed by atoms with Crippen molar-refractivity contribution < 1.29 is 34.1 Å². The fourth-order valence-corrected chi connectivity index (χ4v) is 10.6. The summed E-state index contributed by atoms with van der Waals surface area (Å²) in [6, 6.07) is 29.9. The molecule has 6 atom stereocenters. The van der Waals surface area contributed by atoms with Crippen molar-refractivity contribution in [1.29, 1.82) is 0 Å². The summed E-state index contributed by atoms with van der Waals surface area (Å²) < 4.78 is 21.2. The molecule has 1 amide bonds. The van der Waals surface area contributed by atoms with Crippen LogP contribution in [0.3, 0.4) is 0 Å². The van der Waals surface area contributed by atoms with Crippen LogP contribution in [0.4, 0.5) is 0 Å².